The Bertz CT molecular complexity index is 628. The molecule has 7 heteroatoms. The van der Waals surface area contributed by atoms with Gasteiger partial charge in [-0.2, -0.15) is 10.2 Å². The van der Waals surface area contributed by atoms with Crippen LogP contribution in [0.25, 0.3) is 0 Å². The molecule has 2 aromatic heterocycles. The molecule has 2 heterocycles. The number of hydrogen-bond donors (Lipinski definition) is 2. The van der Waals surface area contributed by atoms with E-state index in [-0.39, 0.29) is 12.1 Å². The molecule has 1 unspecified atom stereocenters. The molecule has 0 aromatic carbocycles. The number of aromatic nitrogens is 4. The lowest BCUT2D eigenvalue weighted by Gasteiger charge is -2.20. The van der Waals surface area contributed by atoms with Crippen molar-refractivity contribution in [1.29, 1.82) is 0 Å². The Morgan fingerprint density at radius 3 is 2.52 bits per heavy atom. The SMILES string of the molecule is Cc1nn(C)c(C)c1CC(NN)c1c(Cl)cnn1C(C)C. The Balaban J connectivity index is 2.39. The van der Waals surface area contributed by atoms with Gasteiger partial charge >= 0.3 is 0 Å². The average Bonchev–Trinajstić information content (AvgIpc) is 2.91. The summed E-state index contributed by atoms with van der Waals surface area (Å²) in [7, 11) is 1.95. The van der Waals surface area contributed by atoms with Gasteiger partial charge in [0.15, 0.2) is 0 Å². The van der Waals surface area contributed by atoms with E-state index in [1.807, 2.05) is 23.3 Å². The number of aryl methyl sites for hydroxylation is 2. The molecule has 0 amide bonds. The predicted octanol–water partition coefficient (Wildman–Crippen LogP) is 2.21. The van der Waals surface area contributed by atoms with Crippen LogP contribution in [0.5, 0.6) is 0 Å². The summed E-state index contributed by atoms with van der Waals surface area (Å²) in [6, 6.07) is 0.114. The lowest BCUT2D eigenvalue weighted by molar-refractivity contribution is 0.447. The minimum absolute atomic E-state index is 0.107. The van der Waals surface area contributed by atoms with Crippen molar-refractivity contribution in [1.82, 2.24) is 25.0 Å². The Kier molecular flexibility index (Phi) is 4.70. The van der Waals surface area contributed by atoms with E-state index >= 15 is 0 Å². The molecular formula is C14H23ClN6. The van der Waals surface area contributed by atoms with Crippen LogP contribution in [0.2, 0.25) is 5.02 Å². The van der Waals surface area contributed by atoms with E-state index in [0.29, 0.717) is 5.02 Å². The zero-order valence-electron chi connectivity index (χ0n) is 13.2. The molecule has 0 spiro atoms. The van der Waals surface area contributed by atoms with Crippen molar-refractivity contribution in [2.24, 2.45) is 12.9 Å². The van der Waals surface area contributed by atoms with Gasteiger partial charge < -0.3 is 0 Å². The van der Waals surface area contributed by atoms with Crippen molar-refractivity contribution < 1.29 is 0 Å². The topological polar surface area (TPSA) is 73.7 Å². The van der Waals surface area contributed by atoms with Crippen LogP contribution in [0.4, 0.5) is 0 Å². The summed E-state index contributed by atoms with van der Waals surface area (Å²) in [5.41, 5.74) is 7.13. The zero-order chi connectivity index (χ0) is 15.7. The van der Waals surface area contributed by atoms with Crippen molar-refractivity contribution in [3.05, 3.63) is 33.9 Å². The second kappa shape index (κ2) is 6.17. The first kappa shape index (κ1) is 16.0. The minimum atomic E-state index is -0.107. The first-order chi connectivity index (χ1) is 9.86. The smallest absolute Gasteiger partial charge is 0.0834 e. The van der Waals surface area contributed by atoms with Gasteiger partial charge in [-0.05, 0) is 39.7 Å². The van der Waals surface area contributed by atoms with Crippen LogP contribution in [-0.2, 0) is 13.5 Å². The van der Waals surface area contributed by atoms with E-state index in [1.54, 1.807) is 6.20 Å². The van der Waals surface area contributed by atoms with Crippen molar-refractivity contribution >= 4 is 11.6 Å². The van der Waals surface area contributed by atoms with E-state index in [0.717, 1.165) is 23.5 Å². The Morgan fingerprint density at radius 1 is 1.38 bits per heavy atom. The highest BCUT2D eigenvalue weighted by Gasteiger charge is 2.23. The van der Waals surface area contributed by atoms with Crippen LogP contribution in [-0.4, -0.2) is 19.6 Å². The maximum Gasteiger partial charge on any atom is 0.0834 e. The second-order valence-electron chi connectivity index (χ2n) is 5.61. The first-order valence-electron chi connectivity index (χ1n) is 7.04. The Hall–Kier alpha value is -1.37. The summed E-state index contributed by atoms with van der Waals surface area (Å²) in [5, 5.41) is 9.43. The monoisotopic (exact) mass is 310 g/mol. The van der Waals surface area contributed by atoms with E-state index in [4.69, 9.17) is 17.4 Å². The third-order valence-electron chi connectivity index (χ3n) is 3.87. The number of hydrazine groups is 1. The molecule has 0 saturated heterocycles. The van der Waals surface area contributed by atoms with Gasteiger partial charge in [-0.1, -0.05) is 11.6 Å². The van der Waals surface area contributed by atoms with E-state index in [2.05, 4.69) is 36.4 Å². The van der Waals surface area contributed by atoms with Crippen molar-refractivity contribution in [3.63, 3.8) is 0 Å². The summed E-state index contributed by atoms with van der Waals surface area (Å²) in [6.07, 6.45) is 2.39. The van der Waals surface area contributed by atoms with Crippen molar-refractivity contribution in [3.8, 4) is 0 Å². The first-order valence-corrected chi connectivity index (χ1v) is 7.42. The van der Waals surface area contributed by atoms with Crippen LogP contribution in [0.3, 0.4) is 0 Å². The molecule has 0 aliphatic carbocycles. The highest BCUT2D eigenvalue weighted by Crippen LogP contribution is 2.29. The van der Waals surface area contributed by atoms with Gasteiger partial charge in [0.05, 0.1) is 28.6 Å². The fourth-order valence-corrected chi connectivity index (χ4v) is 2.90. The minimum Gasteiger partial charge on any atom is -0.272 e. The summed E-state index contributed by atoms with van der Waals surface area (Å²) in [5.74, 6) is 5.78. The van der Waals surface area contributed by atoms with E-state index in [1.165, 1.54) is 5.56 Å². The van der Waals surface area contributed by atoms with Crippen LogP contribution < -0.4 is 11.3 Å². The third kappa shape index (κ3) is 2.97. The molecule has 0 aliphatic heterocycles. The largest absolute Gasteiger partial charge is 0.272 e. The number of nitrogens with two attached hydrogens (primary N) is 1. The molecule has 0 bridgehead atoms. The molecule has 0 saturated carbocycles. The maximum atomic E-state index is 6.31. The quantitative estimate of drug-likeness (QED) is 0.656. The van der Waals surface area contributed by atoms with Crippen LogP contribution in [0.1, 0.15) is 48.6 Å². The normalized spacial score (nSPS) is 13.1. The molecule has 2 aromatic rings. The van der Waals surface area contributed by atoms with Gasteiger partial charge in [0.1, 0.15) is 0 Å². The molecule has 21 heavy (non-hydrogen) atoms. The van der Waals surface area contributed by atoms with Gasteiger partial charge in [0.25, 0.3) is 0 Å². The zero-order valence-corrected chi connectivity index (χ0v) is 13.9. The Morgan fingerprint density at radius 2 is 2.05 bits per heavy atom. The molecule has 2 rings (SSSR count). The molecule has 3 N–H and O–H groups in total. The molecule has 116 valence electrons. The summed E-state index contributed by atoms with van der Waals surface area (Å²) >= 11 is 6.31. The molecule has 1 atom stereocenters. The Labute approximate surface area is 130 Å². The summed E-state index contributed by atoms with van der Waals surface area (Å²) < 4.78 is 3.80. The molecular weight excluding hydrogens is 288 g/mol. The third-order valence-corrected chi connectivity index (χ3v) is 4.17. The van der Waals surface area contributed by atoms with Gasteiger partial charge in [-0.3, -0.25) is 20.6 Å². The lowest BCUT2D eigenvalue weighted by Crippen LogP contribution is -2.32. The maximum absolute atomic E-state index is 6.31. The molecule has 0 aliphatic rings. The number of nitrogens with zero attached hydrogens (tertiary/aromatic N) is 4. The fourth-order valence-electron chi connectivity index (χ4n) is 2.64. The summed E-state index contributed by atoms with van der Waals surface area (Å²) in [6.45, 7) is 8.21. The van der Waals surface area contributed by atoms with Crippen LogP contribution >= 0.6 is 11.6 Å². The lowest BCUT2D eigenvalue weighted by atomic mass is 10.0. The van der Waals surface area contributed by atoms with Crippen LogP contribution in [0.15, 0.2) is 6.20 Å². The highest BCUT2D eigenvalue weighted by atomic mass is 35.5. The number of halogens is 1. The molecule has 0 fully saturated rings. The number of nitrogens with one attached hydrogen (secondary N) is 1. The number of rotatable bonds is 5. The van der Waals surface area contributed by atoms with Crippen LogP contribution in [0, 0.1) is 13.8 Å². The average molecular weight is 311 g/mol. The highest BCUT2D eigenvalue weighted by molar-refractivity contribution is 6.31. The van der Waals surface area contributed by atoms with E-state index < -0.39 is 0 Å². The predicted molar refractivity (Wildman–Crippen MR) is 84.1 cm³/mol. The standard InChI is InChI=1S/C14H23ClN6/c1-8(2)21-14(12(15)7-17-21)13(18-16)6-11-9(3)19-20(5)10(11)4/h7-8,13,18H,6,16H2,1-5H3. The van der Waals surface area contributed by atoms with Crippen molar-refractivity contribution in [2.75, 3.05) is 0 Å². The van der Waals surface area contributed by atoms with Crippen molar-refractivity contribution in [2.45, 2.75) is 46.2 Å². The van der Waals surface area contributed by atoms with Gasteiger partial charge in [-0.15, -0.1) is 0 Å². The molecule has 0 radical (unpaired) electrons. The fraction of sp³-hybridized carbons (Fsp3) is 0.571. The second-order valence-corrected chi connectivity index (χ2v) is 6.02. The van der Waals surface area contributed by atoms with E-state index in [9.17, 15) is 0 Å². The summed E-state index contributed by atoms with van der Waals surface area (Å²) in [4.78, 5) is 0. The van der Waals surface area contributed by atoms with Gasteiger partial charge in [-0.25, -0.2) is 0 Å². The molecule has 6 nitrogen and oxygen atoms in total. The van der Waals surface area contributed by atoms with Gasteiger partial charge in [0, 0.05) is 18.8 Å². The van der Waals surface area contributed by atoms with Gasteiger partial charge in [0.2, 0.25) is 0 Å². The number of hydrogen-bond acceptors (Lipinski definition) is 4.